The summed E-state index contributed by atoms with van der Waals surface area (Å²) in [6.45, 7) is 0. The van der Waals surface area contributed by atoms with Crippen molar-refractivity contribution in [3.05, 3.63) is 30.0 Å². The minimum atomic E-state index is -0.142. The van der Waals surface area contributed by atoms with E-state index in [0.717, 1.165) is 25.7 Å². The summed E-state index contributed by atoms with van der Waals surface area (Å²) in [7, 11) is 0. The zero-order chi connectivity index (χ0) is 12.5. The number of primary amides is 1. The lowest BCUT2D eigenvalue weighted by Gasteiger charge is -2.25. The molecule has 18 heavy (non-hydrogen) atoms. The predicted molar refractivity (Wildman–Crippen MR) is 73.5 cm³/mol. The normalized spacial score (nSPS) is 24.2. The van der Waals surface area contributed by atoms with E-state index in [1.165, 1.54) is 15.8 Å². The molecule has 1 aliphatic carbocycles. The molecule has 0 atom stereocenters. The molecule has 2 N–H and O–H groups in total. The maximum atomic E-state index is 11.2. The zero-order valence-electron chi connectivity index (χ0n) is 10.1. The number of nitrogens with zero attached hydrogens (tertiary/aromatic N) is 1. The van der Waals surface area contributed by atoms with Crippen molar-refractivity contribution in [3.8, 4) is 0 Å². The van der Waals surface area contributed by atoms with Gasteiger partial charge < -0.3 is 5.73 Å². The van der Waals surface area contributed by atoms with Crippen LogP contribution in [0.3, 0.4) is 0 Å². The SMILES string of the molecule is NC(=O)C1CCC(c2nsc3ccccc23)CC1. The Hall–Kier alpha value is -1.42. The molecule has 0 bridgehead atoms. The molecule has 0 saturated heterocycles. The Morgan fingerprint density at radius 1 is 1.22 bits per heavy atom. The number of hydrogen-bond acceptors (Lipinski definition) is 3. The van der Waals surface area contributed by atoms with Crippen LogP contribution in [0.5, 0.6) is 0 Å². The first-order valence-electron chi connectivity index (χ1n) is 6.39. The molecule has 0 radical (unpaired) electrons. The number of hydrogen-bond donors (Lipinski definition) is 1. The van der Waals surface area contributed by atoms with E-state index < -0.39 is 0 Å². The van der Waals surface area contributed by atoms with Gasteiger partial charge in [-0.05, 0) is 43.3 Å². The van der Waals surface area contributed by atoms with Crippen LogP contribution in [-0.4, -0.2) is 10.3 Å². The van der Waals surface area contributed by atoms with E-state index in [4.69, 9.17) is 5.73 Å². The van der Waals surface area contributed by atoms with Gasteiger partial charge in [-0.3, -0.25) is 4.79 Å². The fourth-order valence-electron chi connectivity index (χ4n) is 2.85. The Morgan fingerprint density at radius 2 is 1.94 bits per heavy atom. The zero-order valence-corrected chi connectivity index (χ0v) is 11.0. The molecule has 1 amide bonds. The lowest BCUT2D eigenvalue weighted by atomic mass is 9.79. The number of carbonyl (C=O) groups excluding carboxylic acids is 1. The lowest BCUT2D eigenvalue weighted by molar-refractivity contribution is -0.122. The Morgan fingerprint density at radius 3 is 2.67 bits per heavy atom. The van der Waals surface area contributed by atoms with Crippen LogP contribution in [0.25, 0.3) is 10.1 Å². The van der Waals surface area contributed by atoms with E-state index in [1.807, 2.05) is 6.07 Å². The van der Waals surface area contributed by atoms with E-state index in [0.29, 0.717) is 5.92 Å². The fraction of sp³-hybridized carbons (Fsp3) is 0.429. The van der Waals surface area contributed by atoms with Crippen molar-refractivity contribution in [2.24, 2.45) is 11.7 Å². The standard InChI is InChI=1S/C14H16N2OS/c15-14(17)10-7-5-9(6-8-10)13-11-3-1-2-4-12(11)18-16-13/h1-4,9-10H,5-8H2,(H2,15,17). The molecular formula is C14H16N2OS. The van der Waals surface area contributed by atoms with Crippen LogP contribution in [-0.2, 0) is 4.79 Å². The third-order valence-corrected chi connectivity index (χ3v) is 4.76. The molecule has 1 aromatic heterocycles. The first-order valence-corrected chi connectivity index (χ1v) is 7.16. The van der Waals surface area contributed by atoms with Gasteiger partial charge in [-0.2, -0.15) is 4.37 Å². The molecule has 1 saturated carbocycles. The highest BCUT2D eigenvalue weighted by molar-refractivity contribution is 7.13. The second kappa shape index (κ2) is 4.69. The van der Waals surface area contributed by atoms with Crippen molar-refractivity contribution in [2.45, 2.75) is 31.6 Å². The average Bonchev–Trinajstić information content (AvgIpc) is 2.82. The largest absolute Gasteiger partial charge is 0.369 e. The van der Waals surface area contributed by atoms with Gasteiger partial charge in [-0.1, -0.05) is 18.2 Å². The average molecular weight is 260 g/mol. The van der Waals surface area contributed by atoms with E-state index in [9.17, 15) is 4.79 Å². The van der Waals surface area contributed by atoms with Crippen LogP contribution in [0, 0.1) is 5.92 Å². The summed E-state index contributed by atoms with van der Waals surface area (Å²) >= 11 is 1.57. The maximum Gasteiger partial charge on any atom is 0.220 e. The smallest absolute Gasteiger partial charge is 0.220 e. The highest BCUT2D eigenvalue weighted by Gasteiger charge is 2.27. The Balaban J connectivity index is 1.82. The van der Waals surface area contributed by atoms with Crippen LogP contribution >= 0.6 is 11.5 Å². The van der Waals surface area contributed by atoms with Crippen LogP contribution in [0.1, 0.15) is 37.3 Å². The minimum Gasteiger partial charge on any atom is -0.369 e. The quantitative estimate of drug-likeness (QED) is 0.902. The second-order valence-corrected chi connectivity index (χ2v) is 5.82. The van der Waals surface area contributed by atoms with Gasteiger partial charge in [0.25, 0.3) is 0 Å². The fourth-order valence-corrected chi connectivity index (χ4v) is 3.71. The summed E-state index contributed by atoms with van der Waals surface area (Å²) < 4.78 is 5.87. The molecule has 1 fully saturated rings. The van der Waals surface area contributed by atoms with Gasteiger partial charge in [0, 0.05) is 17.2 Å². The van der Waals surface area contributed by atoms with E-state index in [-0.39, 0.29) is 11.8 Å². The monoisotopic (exact) mass is 260 g/mol. The Kier molecular flexibility index (Phi) is 3.04. The molecule has 3 rings (SSSR count). The Labute approximate surface area is 110 Å². The first kappa shape index (κ1) is 11.7. The molecule has 2 aromatic rings. The molecule has 1 aliphatic rings. The van der Waals surface area contributed by atoms with Crippen LogP contribution in [0.2, 0.25) is 0 Å². The van der Waals surface area contributed by atoms with Crippen LogP contribution < -0.4 is 5.73 Å². The predicted octanol–water partition coefficient (Wildman–Crippen LogP) is 3.06. The van der Waals surface area contributed by atoms with Gasteiger partial charge in [0.15, 0.2) is 0 Å². The van der Waals surface area contributed by atoms with Crippen molar-refractivity contribution in [2.75, 3.05) is 0 Å². The molecular weight excluding hydrogens is 244 g/mol. The lowest BCUT2D eigenvalue weighted by Crippen LogP contribution is -2.27. The number of aromatic nitrogens is 1. The van der Waals surface area contributed by atoms with Gasteiger partial charge in [-0.25, -0.2) is 0 Å². The summed E-state index contributed by atoms with van der Waals surface area (Å²) in [6.07, 6.45) is 3.88. The molecule has 4 heteroatoms. The van der Waals surface area contributed by atoms with Gasteiger partial charge >= 0.3 is 0 Å². The first-order chi connectivity index (χ1) is 8.75. The summed E-state index contributed by atoms with van der Waals surface area (Å²) in [4.78, 5) is 11.2. The van der Waals surface area contributed by atoms with Gasteiger partial charge in [0.2, 0.25) is 5.91 Å². The van der Waals surface area contributed by atoms with Gasteiger partial charge in [-0.15, -0.1) is 0 Å². The number of nitrogens with two attached hydrogens (primary N) is 1. The highest BCUT2D eigenvalue weighted by atomic mass is 32.1. The topological polar surface area (TPSA) is 56.0 Å². The molecule has 0 aliphatic heterocycles. The van der Waals surface area contributed by atoms with E-state index >= 15 is 0 Å². The van der Waals surface area contributed by atoms with Crippen molar-refractivity contribution >= 4 is 27.5 Å². The third-order valence-electron chi connectivity index (χ3n) is 3.92. The molecule has 1 heterocycles. The number of carbonyl (C=O) groups is 1. The summed E-state index contributed by atoms with van der Waals surface area (Å²) in [5, 5.41) is 1.28. The molecule has 0 spiro atoms. The van der Waals surface area contributed by atoms with Gasteiger partial charge in [0.05, 0.1) is 10.4 Å². The number of benzene rings is 1. The number of rotatable bonds is 2. The number of fused-ring (bicyclic) bond motifs is 1. The van der Waals surface area contributed by atoms with Crippen molar-refractivity contribution in [1.29, 1.82) is 0 Å². The summed E-state index contributed by atoms with van der Waals surface area (Å²) in [5.41, 5.74) is 6.59. The number of amides is 1. The van der Waals surface area contributed by atoms with Crippen molar-refractivity contribution < 1.29 is 4.79 Å². The van der Waals surface area contributed by atoms with E-state index in [2.05, 4.69) is 22.6 Å². The maximum absolute atomic E-state index is 11.2. The summed E-state index contributed by atoms with van der Waals surface area (Å²) in [6, 6.07) is 8.38. The van der Waals surface area contributed by atoms with Crippen LogP contribution in [0.15, 0.2) is 24.3 Å². The van der Waals surface area contributed by atoms with Crippen LogP contribution in [0.4, 0.5) is 0 Å². The molecule has 0 unspecified atom stereocenters. The third kappa shape index (κ3) is 2.01. The highest BCUT2D eigenvalue weighted by Crippen LogP contribution is 2.38. The molecule has 3 nitrogen and oxygen atoms in total. The molecule has 94 valence electrons. The minimum absolute atomic E-state index is 0.0751. The second-order valence-electron chi connectivity index (χ2n) is 5.01. The van der Waals surface area contributed by atoms with Crippen molar-refractivity contribution in [3.63, 3.8) is 0 Å². The Bertz CT molecular complexity index is 570. The summed E-state index contributed by atoms with van der Waals surface area (Å²) in [5.74, 6) is 0.430. The van der Waals surface area contributed by atoms with Gasteiger partial charge in [0.1, 0.15) is 0 Å². The molecule has 1 aromatic carbocycles. The van der Waals surface area contributed by atoms with E-state index in [1.54, 1.807) is 11.5 Å². The van der Waals surface area contributed by atoms with Crippen molar-refractivity contribution in [1.82, 2.24) is 4.37 Å².